The zero-order valence-corrected chi connectivity index (χ0v) is 13.0. The molecule has 0 saturated heterocycles. The van der Waals surface area contributed by atoms with Crippen LogP contribution in [-0.2, 0) is 6.54 Å². The Hall–Kier alpha value is -2.37. The minimum atomic E-state index is -0.423. The summed E-state index contributed by atoms with van der Waals surface area (Å²) in [5, 5.41) is 10.8. The number of hydrogen-bond acceptors (Lipinski definition) is 5. The molecule has 4 rings (SSSR count). The van der Waals surface area contributed by atoms with E-state index in [0.29, 0.717) is 18.5 Å². The van der Waals surface area contributed by atoms with Crippen molar-refractivity contribution in [2.24, 2.45) is 5.92 Å². The van der Waals surface area contributed by atoms with Crippen LogP contribution in [0.3, 0.4) is 0 Å². The van der Waals surface area contributed by atoms with Crippen LogP contribution in [0, 0.1) is 16.0 Å². The van der Waals surface area contributed by atoms with Crippen molar-refractivity contribution in [2.45, 2.75) is 44.7 Å². The zero-order chi connectivity index (χ0) is 16.0. The van der Waals surface area contributed by atoms with Crippen molar-refractivity contribution in [2.75, 3.05) is 4.90 Å². The maximum Gasteiger partial charge on any atom is 0.287 e. The second kappa shape index (κ2) is 5.37. The van der Waals surface area contributed by atoms with Gasteiger partial charge in [-0.2, -0.15) is 0 Å². The van der Waals surface area contributed by atoms with E-state index in [1.54, 1.807) is 6.07 Å². The summed E-state index contributed by atoms with van der Waals surface area (Å²) >= 11 is 0. The summed E-state index contributed by atoms with van der Waals surface area (Å²) in [5.74, 6) is 4.10. The Labute approximate surface area is 134 Å². The summed E-state index contributed by atoms with van der Waals surface area (Å²) in [6, 6.07) is 7.82. The third-order valence-electron chi connectivity index (χ3n) is 4.71. The number of rotatable bonds is 6. The molecule has 2 heterocycles. The van der Waals surface area contributed by atoms with Crippen molar-refractivity contribution in [3.8, 4) is 0 Å². The van der Waals surface area contributed by atoms with Crippen LogP contribution in [0.15, 0.2) is 34.9 Å². The molecule has 0 unspecified atom stereocenters. The number of pyridine rings is 1. The average Bonchev–Trinajstić information content (AvgIpc) is 3.46. The molecule has 2 aliphatic carbocycles. The van der Waals surface area contributed by atoms with E-state index in [1.165, 1.54) is 18.7 Å². The molecule has 2 aromatic rings. The van der Waals surface area contributed by atoms with E-state index < -0.39 is 4.92 Å². The van der Waals surface area contributed by atoms with Gasteiger partial charge in [-0.3, -0.25) is 10.1 Å². The van der Waals surface area contributed by atoms with Gasteiger partial charge < -0.3 is 9.32 Å². The van der Waals surface area contributed by atoms with Crippen molar-refractivity contribution in [1.29, 1.82) is 0 Å². The molecule has 0 N–H and O–H groups in total. The fraction of sp³-hybridized carbons (Fsp3) is 0.471. The predicted octanol–water partition coefficient (Wildman–Crippen LogP) is 3.88. The van der Waals surface area contributed by atoms with E-state index in [-0.39, 0.29) is 5.69 Å². The van der Waals surface area contributed by atoms with E-state index in [0.717, 1.165) is 36.1 Å². The van der Waals surface area contributed by atoms with Crippen LogP contribution in [0.1, 0.15) is 43.6 Å². The van der Waals surface area contributed by atoms with Crippen molar-refractivity contribution in [3.05, 3.63) is 52.1 Å². The normalized spacial score (nSPS) is 22.8. The summed E-state index contributed by atoms with van der Waals surface area (Å²) in [6.07, 6.45) is 4.80. The van der Waals surface area contributed by atoms with Crippen molar-refractivity contribution < 1.29 is 9.34 Å². The molecule has 6 heteroatoms. The number of hydrogen-bond donors (Lipinski definition) is 0. The highest BCUT2D eigenvalue weighted by Gasteiger charge is 2.37. The Morgan fingerprint density at radius 2 is 2.13 bits per heavy atom. The summed E-state index contributed by atoms with van der Waals surface area (Å²) in [7, 11) is 0. The Morgan fingerprint density at radius 3 is 2.70 bits per heavy atom. The van der Waals surface area contributed by atoms with E-state index in [1.807, 2.05) is 6.07 Å². The largest absolute Gasteiger partial charge is 0.464 e. The van der Waals surface area contributed by atoms with Crippen LogP contribution in [0.4, 0.5) is 11.5 Å². The van der Waals surface area contributed by atoms with E-state index in [4.69, 9.17) is 4.42 Å². The lowest BCUT2D eigenvalue weighted by molar-refractivity contribution is -0.385. The SMILES string of the molecule is C[C@H]1C[C@H]1c1ccc(CN(c2ccc([N+](=O)[O-])cn2)C2CC2)o1. The van der Waals surface area contributed by atoms with E-state index in [9.17, 15) is 10.1 Å². The first kappa shape index (κ1) is 14.2. The van der Waals surface area contributed by atoms with Gasteiger partial charge in [0.2, 0.25) is 0 Å². The van der Waals surface area contributed by atoms with Crippen LogP contribution >= 0.6 is 0 Å². The second-order valence-electron chi connectivity index (χ2n) is 6.61. The monoisotopic (exact) mass is 313 g/mol. The quantitative estimate of drug-likeness (QED) is 0.598. The van der Waals surface area contributed by atoms with E-state index in [2.05, 4.69) is 22.9 Å². The first-order valence-electron chi connectivity index (χ1n) is 8.07. The topological polar surface area (TPSA) is 72.4 Å². The summed E-state index contributed by atoms with van der Waals surface area (Å²) in [4.78, 5) is 16.8. The smallest absolute Gasteiger partial charge is 0.287 e. The Balaban J connectivity index is 1.51. The minimum absolute atomic E-state index is 0.0208. The maximum absolute atomic E-state index is 10.8. The van der Waals surface area contributed by atoms with Crippen LogP contribution in [0.2, 0.25) is 0 Å². The molecule has 0 spiro atoms. The van der Waals surface area contributed by atoms with Crippen LogP contribution < -0.4 is 4.90 Å². The summed E-state index contributed by atoms with van der Waals surface area (Å²) < 4.78 is 5.99. The van der Waals surface area contributed by atoms with Crippen LogP contribution in [0.25, 0.3) is 0 Å². The van der Waals surface area contributed by atoms with Gasteiger partial charge in [0.15, 0.2) is 0 Å². The standard InChI is InChI=1S/C17H19N3O3/c1-11-8-15(11)16-6-5-14(23-16)10-19(12-2-3-12)17-7-4-13(9-18-17)20(21)22/h4-7,9,11-12,15H,2-3,8,10H2,1H3/t11-,15+/m0/s1. The molecule has 0 amide bonds. The summed E-state index contributed by atoms with van der Waals surface area (Å²) in [6.45, 7) is 2.90. The van der Waals surface area contributed by atoms with Crippen LogP contribution in [0.5, 0.6) is 0 Å². The highest BCUT2D eigenvalue weighted by Crippen LogP contribution is 2.47. The van der Waals surface area contributed by atoms with Crippen molar-refractivity contribution >= 4 is 11.5 Å². The van der Waals surface area contributed by atoms with Gasteiger partial charge in [-0.15, -0.1) is 0 Å². The van der Waals surface area contributed by atoms with Crippen molar-refractivity contribution in [3.63, 3.8) is 0 Å². The second-order valence-corrected chi connectivity index (χ2v) is 6.61. The van der Waals surface area contributed by atoms with Gasteiger partial charge >= 0.3 is 0 Å². The maximum atomic E-state index is 10.8. The Bertz CT molecular complexity index is 721. The molecule has 0 aliphatic heterocycles. The number of anilines is 1. The van der Waals surface area contributed by atoms with Gasteiger partial charge in [-0.05, 0) is 43.4 Å². The van der Waals surface area contributed by atoms with E-state index >= 15 is 0 Å². The van der Waals surface area contributed by atoms with Gasteiger partial charge in [0.05, 0.1) is 11.5 Å². The van der Waals surface area contributed by atoms with Gasteiger partial charge in [-0.1, -0.05) is 6.92 Å². The molecule has 2 aliphatic rings. The third kappa shape index (κ3) is 2.93. The molecule has 0 bridgehead atoms. The van der Waals surface area contributed by atoms with Gasteiger partial charge in [-0.25, -0.2) is 4.98 Å². The molecule has 0 radical (unpaired) electrons. The highest BCUT2D eigenvalue weighted by molar-refractivity contribution is 5.45. The molecule has 2 atom stereocenters. The number of nitro groups is 1. The molecule has 2 fully saturated rings. The van der Waals surface area contributed by atoms with Gasteiger partial charge in [0.1, 0.15) is 23.5 Å². The fourth-order valence-electron chi connectivity index (χ4n) is 3.00. The molecular weight excluding hydrogens is 294 g/mol. The molecule has 2 saturated carbocycles. The fourth-order valence-corrected chi connectivity index (χ4v) is 3.00. The van der Waals surface area contributed by atoms with Crippen LogP contribution in [-0.4, -0.2) is 15.9 Å². The lowest BCUT2D eigenvalue weighted by Crippen LogP contribution is -2.25. The Kier molecular flexibility index (Phi) is 3.32. The highest BCUT2D eigenvalue weighted by atomic mass is 16.6. The number of furan rings is 1. The third-order valence-corrected chi connectivity index (χ3v) is 4.71. The van der Waals surface area contributed by atoms with Crippen molar-refractivity contribution in [1.82, 2.24) is 4.98 Å². The predicted molar refractivity (Wildman–Crippen MR) is 85.3 cm³/mol. The molecule has 2 aromatic heterocycles. The van der Waals surface area contributed by atoms with Gasteiger partial charge in [0.25, 0.3) is 5.69 Å². The Morgan fingerprint density at radius 1 is 1.35 bits per heavy atom. The van der Waals surface area contributed by atoms with Gasteiger partial charge in [0, 0.05) is 18.0 Å². The molecule has 0 aromatic carbocycles. The number of aromatic nitrogens is 1. The minimum Gasteiger partial charge on any atom is -0.464 e. The summed E-state index contributed by atoms with van der Waals surface area (Å²) in [5.41, 5.74) is 0.0208. The average molecular weight is 313 g/mol. The first-order valence-corrected chi connectivity index (χ1v) is 8.07. The lowest BCUT2D eigenvalue weighted by atomic mass is 10.3. The molecule has 6 nitrogen and oxygen atoms in total. The number of nitrogens with zero attached hydrogens (tertiary/aromatic N) is 3. The molecule has 23 heavy (non-hydrogen) atoms. The molecular formula is C17H19N3O3. The molecule has 120 valence electrons. The first-order chi connectivity index (χ1) is 11.1. The zero-order valence-electron chi connectivity index (χ0n) is 13.0. The lowest BCUT2D eigenvalue weighted by Gasteiger charge is -2.22.